The minimum absolute atomic E-state index is 0.377. The minimum Gasteiger partial charge on any atom is -0.506 e. The third kappa shape index (κ3) is 3.32. The van der Waals surface area contributed by atoms with E-state index in [0.717, 1.165) is 16.6 Å². The van der Waals surface area contributed by atoms with Crippen LogP contribution in [0.3, 0.4) is 0 Å². The lowest BCUT2D eigenvalue weighted by molar-refractivity contribution is 0.0691. The summed E-state index contributed by atoms with van der Waals surface area (Å²) in [4.78, 5) is 26.1. The summed E-state index contributed by atoms with van der Waals surface area (Å²) in [7, 11) is 1.99. The van der Waals surface area contributed by atoms with Gasteiger partial charge >= 0.3 is 5.97 Å². The van der Waals surface area contributed by atoms with Crippen LogP contribution in [0.5, 0.6) is 5.75 Å². The molecule has 3 aromatic rings. The molecule has 0 fully saturated rings. The van der Waals surface area contributed by atoms with Crippen LogP contribution in [0.25, 0.3) is 22.2 Å². The Kier molecular flexibility index (Phi) is 5.37. The van der Waals surface area contributed by atoms with Crippen LogP contribution in [-0.4, -0.2) is 32.3 Å². The van der Waals surface area contributed by atoms with Crippen molar-refractivity contribution in [2.75, 3.05) is 6.54 Å². The number of nitrogens with one attached hydrogen (secondary N) is 2. The Labute approximate surface area is 162 Å². The van der Waals surface area contributed by atoms with E-state index in [1.807, 2.05) is 25.2 Å². The minimum atomic E-state index is -1.45. The second-order valence-electron chi connectivity index (χ2n) is 6.58. The number of benzene rings is 1. The highest BCUT2D eigenvalue weighted by Gasteiger charge is 2.22. The van der Waals surface area contributed by atoms with E-state index >= 15 is 0 Å². The largest absolute Gasteiger partial charge is 0.506 e. The normalized spacial score (nSPS) is 11.1. The highest BCUT2D eigenvalue weighted by atomic mass is 16.4. The first-order chi connectivity index (χ1) is 13.4. The van der Waals surface area contributed by atoms with E-state index in [-0.39, 0.29) is 0 Å². The summed E-state index contributed by atoms with van der Waals surface area (Å²) in [5, 5.41) is 23.8. The molecule has 0 aliphatic rings. The van der Waals surface area contributed by atoms with Crippen LogP contribution in [-0.2, 0) is 20.0 Å². The maximum atomic E-state index is 12.2. The number of carboxylic acids is 1. The molecule has 0 radical (unpaired) electrons. The molecule has 0 amide bonds. The average molecular weight is 381 g/mol. The first kappa shape index (κ1) is 19.4. The standard InChI is InChI=1S/C21H23N3O4/c1-4-8-22-11-14-10-13-9-12(6-7-16(13)24(14)3)18-15(5-2)19(25)17(21(27)28)20(26)23-18/h4,6-7,9-10,22H,1,5,8,11H2,2-3H3,(H,27,28)(H2,23,25,26). The maximum Gasteiger partial charge on any atom is 0.345 e. The molecule has 0 bridgehead atoms. The van der Waals surface area contributed by atoms with Gasteiger partial charge in [-0.3, -0.25) is 4.79 Å². The van der Waals surface area contributed by atoms with Gasteiger partial charge in [0.15, 0.2) is 5.56 Å². The zero-order valence-electron chi connectivity index (χ0n) is 15.9. The van der Waals surface area contributed by atoms with E-state index in [2.05, 4.69) is 27.5 Å². The van der Waals surface area contributed by atoms with Crippen molar-refractivity contribution >= 4 is 16.9 Å². The zero-order valence-corrected chi connectivity index (χ0v) is 15.9. The number of carbonyl (C=O) groups is 1. The van der Waals surface area contributed by atoms with Gasteiger partial charge in [0.2, 0.25) is 0 Å². The smallest absolute Gasteiger partial charge is 0.345 e. The van der Waals surface area contributed by atoms with Gasteiger partial charge in [0.05, 0.1) is 5.69 Å². The van der Waals surface area contributed by atoms with Crippen molar-refractivity contribution in [3.63, 3.8) is 0 Å². The first-order valence-corrected chi connectivity index (χ1v) is 9.00. The van der Waals surface area contributed by atoms with Gasteiger partial charge in [0.25, 0.3) is 5.56 Å². The Bertz CT molecular complexity index is 1120. The molecule has 2 aromatic heterocycles. The number of H-pyrrole nitrogens is 1. The summed E-state index contributed by atoms with van der Waals surface area (Å²) in [6, 6.07) is 7.79. The van der Waals surface area contributed by atoms with Crippen molar-refractivity contribution in [3.05, 3.63) is 64.1 Å². The molecule has 0 saturated heterocycles. The molecule has 4 N–H and O–H groups in total. The lowest BCUT2D eigenvalue weighted by Gasteiger charge is -2.12. The molecular weight excluding hydrogens is 358 g/mol. The van der Waals surface area contributed by atoms with E-state index in [4.69, 9.17) is 0 Å². The van der Waals surface area contributed by atoms with Crippen molar-refractivity contribution in [1.29, 1.82) is 0 Å². The summed E-state index contributed by atoms with van der Waals surface area (Å²) >= 11 is 0. The van der Waals surface area contributed by atoms with Gasteiger partial charge in [-0.05, 0) is 30.2 Å². The summed E-state index contributed by atoms with van der Waals surface area (Å²) in [5.41, 5.74) is 2.24. The number of rotatable bonds is 7. The van der Waals surface area contributed by atoms with Gasteiger partial charge in [0.1, 0.15) is 5.75 Å². The molecule has 0 spiro atoms. The SMILES string of the molecule is C=CCNCc1cc2cc(-c3[nH]c(=O)c(C(=O)O)c(O)c3CC)ccc2n1C. The molecular formula is C21H23N3O4. The fourth-order valence-electron chi connectivity index (χ4n) is 3.45. The van der Waals surface area contributed by atoms with Crippen molar-refractivity contribution in [3.8, 4) is 17.0 Å². The zero-order chi connectivity index (χ0) is 20.4. The fourth-order valence-corrected chi connectivity index (χ4v) is 3.45. The molecule has 0 unspecified atom stereocenters. The average Bonchev–Trinajstić information content (AvgIpc) is 2.96. The summed E-state index contributed by atoms with van der Waals surface area (Å²) in [6.07, 6.45) is 2.18. The van der Waals surface area contributed by atoms with Crippen molar-refractivity contribution in [2.24, 2.45) is 7.05 Å². The van der Waals surface area contributed by atoms with Crippen LogP contribution < -0.4 is 10.9 Å². The number of hydrogen-bond donors (Lipinski definition) is 4. The molecule has 3 rings (SSSR count). The van der Waals surface area contributed by atoms with Gasteiger partial charge in [-0.25, -0.2) is 4.79 Å². The predicted molar refractivity (Wildman–Crippen MR) is 109 cm³/mol. The monoisotopic (exact) mass is 381 g/mol. The highest BCUT2D eigenvalue weighted by Crippen LogP contribution is 2.32. The number of aromatic nitrogens is 2. The first-order valence-electron chi connectivity index (χ1n) is 9.00. The topological polar surface area (TPSA) is 107 Å². The molecule has 0 atom stereocenters. The Hall–Kier alpha value is -3.32. The van der Waals surface area contributed by atoms with Crippen molar-refractivity contribution < 1.29 is 15.0 Å². The van der Waals surface area contributed by atoms with Crippen LogP contribution >= 0.6 is 0 Å². The number of hydrogen-bond acceptors (Lipinski definition) is 4. The van der Waals surface area contributed by atoms with Crippen molar-refractivity contribution in [2.45, 2.75) is 19.9 Å². The van der Waals surface area contributed by atoms with Crippen LogP contribution in [0.4, 0.5) is 0 Å². The molecule has 1 aromatic carbocycles. The number of fused-ring (bicyclic) bond motifs is 1. The third-order valence-electron chi connectivity index (χ3n) is 4.88. The Balaban J connectivity index is 2.13. The Morgan fingerprint density at radius 2 is 2.11 bits per heavy atom. The van der Waals surface area contributed by atoms with E-state index in [1.54, 1.807) is 13.0 Å². The van der Waals surface area contributed by atoms with Gasteiger partial charge < -0.3 is 25.1 Å². The lowest BCUT2D eigenvalue weighted by atomic mass is 9.99. The number of pyridine rings is 1. The number of aromatic hydroxyl groups is 1. The van der Waals surface area contributed by atoms with E-state index < -0.39 is 22.8 Å². The molecule has 146 valence electrons. The van der Waals surface area contributed by atoms with Crippen molar-refractivity contribution in [1.82, 2.24) is 14.9 Å². The molecule has 7 heteroatoms. The molecule has 2 heterocycles. The van der Waals surface area contributed by atoms with Crippen LogP contribution in [0.1, 0.15) is 28.5 Å². The number of aromatic carboxylic acids is 1. The quantitative estimate of drug-likeness (QED) is 0.372. The van der Waals surface area contributed by atoms with E-state index in [1.165, 1.54) is 0 Å². The van der Waals surface area contributed by atoms with Crippen LogP contribution in [0.2, 0.25) is 0 Å². The Morgan fingerprint density at radius 1 is 1.36 bits per heavy atom. The van der Waals surface area contributed by atoms with Gasteiger partial charge in [-0.15, -0.1) is 6.58 Å². The van der Waals surface area contributed by atoms with E-state index in [9.17, 15) is 19.8 Å². The second-order valence-corrected chi connectivity index (χ2v) is 6.58. The molecule has 28 heavy (non-hydrogen) atoms. The molecule has 0 aliphatic heterocycles. The predicted octanol–water partition coefficient (Wildman–Crippen LogP) is 2.78. The molecule has 7 nitrogen and oxygen atoms in total. The maximum absolute atomic E-state index is 12.2. The summed E-state index contributed by atoms with van der Waals surface area (Å²) < 4.78 is 2.09. The molecule has 0 saturated carbocycles. The van der Waals surface area contributed by atoms with E-state index in [0.29, 0.717) is 36.3 Å². The summed E-state index contributed by atoms with van der Waals surface area (Å²) in [5.74, 6) is -1.92. The van der Waals surface area contributed by atoms with Crippen LogP contribution in [0.15, 0.2) is 41.7 Å². The van der Waals surface area contributed by atoms with Gasteiger partial charge in [-0.2, -0.15) is 0 Å². The number of aryl methyl sites for hydroxylation is 1. The van der Waals surface area contributed by atoms with Gasteiger partial charge in [-0.1, -0.05) is 19.1 Å². The fraction of sp³-hybridized carbons (Fsp3) is 0.238. The third-order valence-corrected chi connectivity index (χ3v) is 4.88. The number of nitrogens with zero attached hydrogens (tertiary/aromatic N) is 1. The molecule has 0 aliphatic carbocycles. The number of aromatic amines is 1. The summed E-state index contributed by atoms with van der Waals surface area (Å²) in [6.45, 7) is 6.90. The second kappa shape index (κ2) is 7.74. The van der Waals surface area contributed by atoms with Crippen LogP contribution in [0, 0.1) is 0 Å². The number of carboxylic acid groups (broad SMARTS) is 1. The Morgan fingerprint density at radius 3 is 2.75 bits per heavy atom. The van der Waals surface area contributed by atoms with Gasteiger partial charge in [0, 0.05) is 42.3 Å². The lowest BCUT2D eigenvalue weighted by Crippen LogP contribution is -2.20. The highest BCUT2D eigenvalue weighted by molar-refractivity contribution is 5.92.